The van der Waals surface area contributed by atoms with Crippen LogP contribution in [0, 0.1) is 5.82 Å². The predicted molar refractivity (Wildman–Crippen MR) is 95.0 cm³/mol. The van der Waals surface area contributed by atoms with Crippen molar-refractivity contribution in [2.45, 2.75) is 24.0 Å². The number of nitrogens with zero attached hydrogens (tertiary/aromatic N) is 3. The molecule has 0 amide bonds. The highest BCUT2D eigenvalue weighted by Gasteiger charge is 2.48. The summed E-state index contributed by atoms with van der Waals surface area (Å²) in [5.41, 5.74) is -0.0426. The lowest BCUT2D eigenvalue weighted by Crippen LogP contribution is -2.42. The Bertz CT molecular complexity index is 1100. The zero-order valence-electron chi connectivity index (χ0n) is 14.4. The Morgan fingerprint density at radius 1 is 1.18 bits per heavy atom. The van der Waals surface area contributed by atoms with Crippen molar-refractivity contribution in [3.05, 3.63) is 65.3 Å². The first kappa shape index (κ1) is 20.6. The van der Waals surface area contributed by atoms with E-state index in [0.29, 0.717) is 9.95 Å². The van der Waals surface area contributed by atoms with E-state index in [9.17, 15) is 26.0 Å². The zero-order chi connectivity index (χ0) is 20.7. The number of aromatic nitrogens is 2. The summed E-state index contributed by atoms with van der Waals surface area (Å²) >= 11 is 5.93. The van der Waals surface area contributed by atoms with Crippen molar-refractivity contribution in [1.29, 1.82) is 0 Å². The van der Waals surface area contributed by atoms with Crippen LogP contribution in [-0.4, -0.2) is 34.8 Å². The molecule has 3 rings (SSSR count). The molecular formula is C17H14ClF4N3O2S. The lowest BCUT2D eigenvalue weighted by Gasteiger charge is -2.31. The summed E-state index contributed by atoms with van der Waals surface area (Å²) in [6.07, 6.45) is -2.51. The molecule has 2 aromatic heterocycles. The average molecular weight is 436 g/mol. The fraction of sp³-hybridized carbons (Fsp3) is 0.235. The molecule has 0 unspecified atom stereocenters. The van der Waals surface area contributed by atoms with E-state index in [1.807, 2.05) is 0 Å². The minimum Gasteiger partial charge on any atom is -0.289 e. The van der Waals surface area contributed by atoms with Crippen LogP contribution < -0.4 is 0 Å². The van der Waals surface area contributed by atoms with Gasteiger partial charge < -0.3 is 0 Å². The van der Waals surface area contributed by atoms with Gasteiger partial charge in [0.2, 0.25) is 10.0 Å². The Labute approximate surface area is 163 Å². The molecule has 0 aliphatic rings. The molecule has 1 aromatic carbocycles. The van der Waals surface area contributed by atoms with Crippen LogP contribution in [0.25, 0.3) is 5.65 Å². The standard InChI is InChI=1S/C17H14ClF4N3O2S/c1-2-25(16(17(20,21)22)11-3-5-12(19)6-4-11)28(26,27)13-7-8-15-23-9-14(18)24(15)10-13/h3-10,16H,2H2,1H3/t16-/m1/s1. The summed E-state index contributed by atoms with van der Waals surface area (Å²) in [5.74, 6) is -0.726. The molecular weight excluding hydrogens is 422 g/mol. The molecule has 11 heteroatoms. The van der Waals surface area contributed by atoms with Crippen molar-refractivity contribution in [3.8, 4) is 0 Å². The first-order chi connectivity index (χ1) is 13.1. The van der Waals surface area contributed by atoms with Crippen LogP contribution in [0.1, 0.15) is 18.5 Å². The molecule has 0 aliphatic carbocycles. The highest BCUT2D eigenvalue weighted by molar-refractivity contribution is 7.89. The highest BCUT2D eigenvalue weighted by Crippen LogP contribution is 2.40. The monoisotopic (exact) mass is 435 g/mol. The van der Waals surface area contributed by atoms with Crippen LogP contribution in [0.2, 0.25) is 5.15 Å². The molecule has 0 spiro atoms. The van der Waals surface area contributed by atoms with Gasteiger partial charge in [0, 0.05) is 12.7 Å². The molecule has 5 nitrogen and oxygen atoms in total. The maximum atomic E-state index is 13.8. The summed E-state index contributed by atoms with van der Waals surface area (Å²) < 4.78 is 82.3. The Hall–Kier alpha value is -2.17. The largest absolute Gasteiger partial charge is 0.409 e. The second-order valence-electron chi connectivity index (χ2n) is 5.88. The highest BCUT2D eigenvalue weighted by atomic mass is 35.5. The number of fused-ring (bicyclic) bond motifs is 1. The van der Waals surface area contributed by atoms with Crippen molar-refractivity contribution in [2.24, 2.45) is 0 Å². The Morgan fingerprint density at radius 3 is 2.39 bits per heavy atom. The number of pyridine rings is 1. The first-order valence-corrected chi connectivity index (χ1v) is 9.84. The maximum absolute atomic E-state index is 13.8. The SMILES string of the molecule is CCN([C@H](c1ccc(F)cc1)C(F)(F)F)S(=O)(=O)c1ccc2ncc(Cl)n2c1. The van der Waals surface area contributed by atoms with E-state index in [4.69, 9.17) is 11.6 Å². The Kier molecular flexibility index (Phi) is 5.39. The van der Waals surface area contributed by atoms with Crippen molar-refractivity contribution in [3.63, 3.8) is 0 Å². The van der Waals surface area contributed by atoms with Gasteiger partial charge in [-0.1, -0.05) is 30.7 Å². The Balaban J connectivity index is 2.13. The normalized spacial score (nSPS) is 14.0. The average Bonchev–Trinajstić information content (AvgIpc) is 3.00. The fourth-order valence-electron chi connectivity index (χ4n) is 2.87. The molecule has 0 N–H and O–H groups in total. The quantitative estimate of drug-likeness (QED) is 0.557. The molecule has 0 saturated heterocycles. The van der Waals surface area contributed by atoms with E-state index in [1.165, 1.54) is 23.6 Å². The second-order valence-corrected chi connectivity index (χ2v) is 8.16. The van der Waals surface area contributed by atoms with E-state index in [-0.39, 0.29) is 15.6 Å². The first-order valence-electron chi connectivity index (χ1n) is 8.02. The van der Waals surface area contributed by atoms with Gasteiger partial charge in [-0.15, -0.1) is 0 Å². The number of halogens is 5. The van der Waals surface area contributed by atoms with Crippen LogP contribution in [0.3, 0.4) is 0 Å². The molecule has 2 heterocycles. The predicted octanol–water partition coefficient (Wildman–Crippen LogP) is 4.44. The molecule has 0 aliphatic heterocycles. The third-order valence-electron chi connectivity index (χ3n) is 4.14. The summed E-state index contributed by atoms with van der Waals surface area (Å²) in [6, 6.07) is 3.57. The molecule has 1 atom stereocenters. The van der Waals surface area contributed by atoms with Gasteiger partial charge in [-0.2, -0.15) is 17.5 Å². The van der Waals surface area contributed by atoms with Crippen molar-refractivity contribution < 1.29 is 26.0 Å². The van der Waals surface area contributed by atoms with E-state index in [0.717, 1.165) is 36.5 Å². The smallest absolute Gasteiger partial charge is 0.289 e. The summed E-state index contributed by atoms with van der Waals surface area (Å²) in [7, 11) is -4.57. The zero-order valence-corrected chi connectivity index (χ0v) is 15.9. The number of hydrogen-bond donors (Lipinski definition) is 0. The van der Waals surface area contributed by atoms with Crippen LogP contribution in [0.4, 0.5) is 17.6 Å². The van der Waals surface area contributed by atoms with Crippen molar-refractivity contribution in [1.82, 2.24) is 13.7 Å². The molecule has 0 fully saturated rings. The lowest BCUT2D eigenvalue weighted by atomic mass is 10.1. The third-order valence-corrected chi connectivity index (χ3v) is 6.34. The van der Waals surface area contributed by atoms with E-state index < -0.39 is 34.6 Å². The third kappa shape index (κ3) is 3.71. The van der Waals surface area contributed by atoms with Gasteiger partial charge in [0.15, 0.2) is 0 Å². The van der Waals surface area contributed by atoms with Gasteiger partial charge in [-0.25, -0.2) is 17.8 Å². The van der Waals surface area contributed by atoms with Gasteiger partial charge in [-0.3, -0.25) is 4.40 Å². The molecule has 0 saturated carbocycles. The summed E-state index contributed by atoms with van der Waals surface area (Å²) in [5, 5.41) is 0.112. The molecule has 150 valence electrons. The second kappa shape index (κ2) is 7.34. The molecule has 0 bridgehead atoms. The van der Waals surface area contributed by atoms with Crippen LogP contribution in [0.5, 0.6) is 0 Å². The van der Waals surface area contributed by atoms with Crippen LogP contribution >= 0.6 is 11.6 Å². The minimum absolute atomic E-state index is 0.112. The fourth-order valence-corrected chi connectivity index (χ4v) is 4.67. The van der Waals surface area contributed by atoms with E-state index >= 15 is 0 Å². The summed E-state index contributed by atoms with van der Waals surface area (Å²) in [6.45, 7) is 0.835. The van der Waals surface area contributed by atoms with Crippen molar-refractivity contribution >= 4 is 27.3 Å². The van der Waals surface area contributed by atoms with Crippen LogP contribution in [0.15, 0.2) is 53.7 Å². The van der Waals surface area contributed by atoms with Gasteiger partial charge in [-0.05, 0) is 29.8 Å². The van der Waals surface area contributed by atoms with Gasteiger partial charge in [0.25, 0.3) is 0 Å². The summed E-state index contributed by atoms with van der Waals surface area (Å²) in [4.78, 5) is 3.57. The number of imidazole rings is 1. The van der Waals surface area contributed by atoms with Gasteiger partial charge >= 0.3 is 6.18 Å². The molecule has 3 aromatic rings. The van der Waals surface area contributed by atoms with Gasteiger partial charge in [0.05, 0.1) is 11.1 Å². The van der Waals surface area contributed by atoms with E-state index in [1.54, 1.807) is 0 Å². The number of sulfonamides is 1. The van der Waals surface area contributed by atoms with Gasteiger partial charge in [0.1, 0.15) is 22.7 Å². The molecule has 28 heavy (non-hydrogen) atoms. The minimum atomic E-state index is -4.92. The van der Waals surface area contributed by atoms with E-state index in [2.05, 4.69) is 4.98 Å². The number of rotatable bonds is 5. The lowest BCUT2D eigenvalue weighted by molar-refractivity contribution is -0.173. The molecule has 0 radical (unpaired) electrons. The number of benzene rings is 1. The Morgan fingerprint density at radius 2 is 1.82 bits per heavy atom. The topological polar surface area (TPSA) is 54.7 Å². The van der Waals surface area contributed by atoms with Crippen molar-refractivity contribution in [2.75, 3.05) is 6.54 Å². The van der Waals surface area contributed by atoms with Crippen LogP contribution in [-0.2, 0) is 10.0 Å². The maximum Gasteiger partial charge on any atom is 0.409 e. The number of hydrogen-bond acceptors (Lipinski definition) is 3. The number of alkyl halides is 3.